The first-order chi connectivity index (χ1) is 15.0. The zero-order valence-electron chi connectivity index (χ0n) is 17.2. The third kappa shape index (κ3) is 4.23. The maximum Gasteiger partial charge on any atom is 0.349 e. The molecular formula is C23H24N2O6. The Morgan fingerprint density at radius 1 is 1.06 bits per heavy atom. The van der Waals surface area contributed by atoms with Gasteiger partial charge >= 0.3 is 11.9 Å². The van der Waals surface area contributed by atoms with Crippen molar-refractivity contribution >= 4 is 11.9 Å². The molecule has 2 atom stereocenters. The van der Waals surface area contributed by atoms with E-state index in [9.17, 15) is 24.5 Å². The summed E-state index contributed by atoms with van der Waals surface area (Å²) in [5, 5.41) is 15.2. The number of carbonyl (C=O) groups is 2. The normalized spacial score (nSPS) is 15.3. The van der Waals surface area contributed by atoms with Crippen molar-refractivity contribution < 1.29 is 19.4 Å². The van der Waals surface area contributed by atoms with Gasteiger partial charge in [-0.05, 0) is 53.1 Å². The van der Waals surface area contributed by atoms with E-state index < -0.39 is 23.5 Å². The number of aliphatic carboxylic acids is 1. The van der Waals surface area contributed by atoms with E-state index in [1.54, 1.807) is 6.92 Å². The maximum atomic E-state index is 12.8. The van der Waals surface area contributed by atoms with Crippen LogP contribution in [-0.4, -0.2) is 35.2 Å². The summed E-state index contributed by atoms with van der Waals surface area (Å²) in [5.41, 5.74) is 1.46. The Kier molecular flexibility index (Phi) is 6.89. The summed E-state index contributed by atoms with van der Waals surface area (Å²) < 4.78 is 5.37. The van der Waals surface area contributed by atoms with Crippen molar-refractivity contribution in [2.24, 2.45) is 10.4 Å². The number of nitrogens with zero attached hydrogens (tertiary/aromatic N) is 2. The molecule has 2 aromatic rings. The molecule has 1 aliphatic rings. The highest BCUT2D eigenvalue weighted by atomic mass is 16.5. The molecule has 0 bridgehead atoms. The van der Waals surface area contributed by atoms with Crippen molar-refractivity contribution in [1.29, 1.82) is 0 Å². The first-order valence-electron chi connectivity index (χ1n) is 10.2. The third-order valence-electron chi connectivity index (χ3n) is 5.89. The van der Waals surface area contributed by atoms with Gasteiger partial charge in [0.1, 0.15) is 6.61 Å². The van der Waals surface area contributed by atoms with E-state index in [1.807, 2.05) is 48.5 Å². The molecule has 3 rings (SSSR count). The van der Waals surface area contributed by atoms with Crippen LogP contribution in [0.4, 0.5) is 0 Å². The van der Waals surface area contributed by atoms with E-state index in [2.05, 4.69) is 10.4 Å². The number of rotatable bonds is 11. The van der Waals surface area contributed by atoms with Gasteiger partial charge in [-0.2, -0.15) is 4.91 Å². The monoisotopic (exact) mass is 424 g/mol. The topological polar surface area (TPSA) is 122 Å². The molecule has 2 aromatic carbocycles. The van der Waals surface area contributed by atoms with Gasteiger partial charge < -0.3 is 9.84 Å². The summed E-state index contributed by atoms with van der Waals surface area (Å²) in [6.07, 6.45) is 0.533. The quantitative estimate of drug-likeness (QED) is 0.318. The van der Waals surface area contributed by atoms with Crippen LogP contribution in [-0.2, 0) is 14.3 Å². The zero-order valence-corrected chi connectivity index (χ0v) is 17.2. The number of hydrogen-bond donors (Lipinski definition) is 1. The Hall–Kier alpha value is -3.42. The number of nitroso groups, excluding NO2 is 2. The fourth-order valence-corrected chi connectivity index (χ4v) is 4.06. The average molecular weight is 424 g/mol. The number of fused-ring (bicyclic) bond motifs is 3. The minimum absolute atomic E-state index is 0.106. The molecule has 0 radical (unpaired) electrons. The number of ether oxygens (including phenoxy) is 1. The summed E-state index contributed by atoms with van der Waals surface area (Å²) >= 11 is 0. The van der Waals surface area contributed by atoms with Crippen LogP contribution in [0, 0.1) is 9.81 Å². The molecule has 0 heterocycles. The number of carbonyl (C=O) groups excluding carboxylic acids is 1. The summed E-state index contributed by atoms with van der Waals surface area (Å²) in [6, 6.07) is 15.0. The van der Waals surface area contributed by atoms with Crippen molar-refractivity contribution in [3.63, 3.8) is 0 Å². The van der Waals surface area contributed by atoms with E-state index in [0.717, 1.165) is 22.3 Å². The second-order valence-electron chi connectivity index (χ2n) is 7.64. The van der Waals surface area contributed by atoms with E-state index in [-0.39, 0.29) is 31.8 Å². The Bertz CT molecular complexity index is 946. The minimum Gasteiger partial charge on any atom is -0.479 e. The lowest BCUT2D eigenvalue weighted by atomic mass is 9.92. The molecule has 0 aromatic heterocycles. The van der Waals surface area contributed by atoms with E-state index in [1.165, 1.54) is 0 Å². The van der Waals surface area contributed by atoms with Crippen LogP contribution in [0.1, 0.15) is 49.7 Å². The predicted molar refractivity (Wildman–Crippen MR) is 115 cm³/mol. The van der Waals surface area contributed by atoms with Gasteiger partial charge in [-0.1, -0.05) is 60.6 Å². The molecule has 8 heteroatoms. The summed E-state index contributed by atoms with van der Waals surface area (Å²) in [6.45, 7) is 1.67. The molecule has 0 aliphatic heterocycles. The van der Waals surface area contributed by atoms with Crippen LogP contribution in [0.2, 0.25) is 0 Å². The molecule has 1 N–H and O–H groups in total. The van der Waals surface area contributed by atoms with Gasteiger partial charge in [0, 0.05) is 5.92 Å². The Labute approximate surface area is 179 Å². The molecule has 0 amide bonds. The highest BCUT2D eigenvalue weighted by Gasteiger charge is 2.50. The fraction of sp³-hybridized carbons (Fsp3) is 0.391. The largest absolute Gasteiger partial charge is 0.479 e. The first-order valence-corrected chi connectivity index (χ1v) is 10.2. The van der Waals surface area contributed by atoms with E-state index in [4.69, 9.17) is 4.74 Å². The molecule has 1 aliphatic carbocycles. The van der Waals surface area contributed by atoms with Gasteiger partial charge in [0.25, 0.3) is 5.54 Å². The summed E-state index contributed by atoms with van der Waals surface area (Å²) in [4.78, 5) is 46.8. The lowest BCUT2D eigenvalue weighted by molar-refractivity contribution is -0.161. The third-order valence-corrected chi connectivity index (χ3v) is 5.89. The summed E-state index contributed by atoms with van der Waals surface area (Å²) in [5.74, 6) is -3.12. The average Bonchev–Trinajstić information content (AvgIpc) is 3.11. The van der Waals surface area contributed by atoms with Gasteiger partial charge in [0.2, 0.25) is 0 Å². The molecule has 0 spiro atoms. The van der Waals surface area contributed by atoms with Gasteiger partial charge in [-0.15, -0.1) is 4.91 Å². The lowest BCUT2D eigenvalue weighted by Gasteiger charge is -2.22. The van der Waals surface area contributed by atoms with Crippen LogP contribution in [0.3, 0.4) is 0 Å². The van der Waals surface area contributed by atoms with Crippen LogP contribution < -0.4 is 0 Å². The molecule has 0 saturated heterocycles. The molecule has 162 valence electrons. The number of esters is 1. The van der Waals surface area contributed by atoms with Crippen LogP contribution in [0.15, 0.2) is 58.9 Å². The molecule has 31 heavy (non-hydrogen) atoms. The van der Waals surface area contributed by atoms with E-state index >= 15 is 0 Å². The number of carboxylic acids is 1. The molecule has 2 unspecified atom stereocenters. The Morgan fingerprint density at radius 3 is 2.13 bits per heavy atom. The lowest BCUT2D eigenvalue weighted by Crippen LogP contribution is -2.46. The molecule has 8 nitrogen and oxygen atoms in total. The predicted octanol–water partition coefficient (Wildman–Crippen LogP) is 4.65. The first kappa shape index (κ1) is 22.3. The number of hydrogen-bond acceptors (Lipinski definition) is 7. The van der Waals surface area contributed by atoms with Crippen LogP contribution >= 0.6 is 0 Å². The highest BCUT2D eigenvalue weighted by molar-refractivity contribution is 6.04. The van der Waals surface area contributed by atoms with Crippen molar-refractivity contribution in [3.8, 4) is 11.1 Å². The smallest absolute Gasteiger partial charge is 0.349 e. The standard InChI is InChI=1S/C23H24N2O6/c1-2-15(24-29)8-7-13-23(25-30,21(26)27)22(28)31-14-20-18-11-5-3-9-16(18)17-10-4-6-12-19(17)20/h3-6,9-12,15,20H,2,7-8,13-14H2,1H3,(H,26,27). The Morgan fingerprint density at radius 2 is 1.65 bits per heavy atom. The number of carboxylic acid groups (broad SMARTS) is 1. The highest BCUT2D eigenvalue weighted by Crippen LogP contribution is 2.44. The van der Waals surface area contributed by atoms with Crippen LogP contribution in [0.25, 0.3) is 11.1 Å². The molecule has 0 saturated carbocycles. The van der Waals surface area contributed by atoms with Crippen LogP contribution in [0.5, 0.6) is 0 Å². The maximum absolute atomic E-state index is 12.8. The molecular weight excluding hydrogens is 400 g/mol. The van der Waals surface area contributed by atoms with Crippen molar-refractivity contribution in [1.82, 2.24) is 0 Å². The van der Waals surface area contributed by atoms with Crippen molar-refractivity contribution in [2.45, 2.75) is 50.1 Å². The van der Waals surface area contributed by atoms with Gasteiger partial charge in [-0.3, -0.25) is 0 Å². The SMILES string of the molecule is CCC(CCCC(N=O)(C(=O)O)C(=O)OCC1c2ccccc2-c2ccccc21)N=O. The Balaban J connectivity index is 1.76. The van der Waals surface area contributed by atoms with Crippen molar-refractivity contribution in [3.05, 3.63) is 69.5 Å². The second kappa shape index (κ2) is 9.59. The van der Waals surface area contributed by atoms with Gasteiger partial charge in [-0.25, -0.2) is 9.59 Å². The van der Waals surface area contributed by atoms with Gasteiger partial charge in [0.05, 0.1) is 6.04 Å². The fourth-order valence-electron chi connectivity index (χ4n) is 4.06. The minimum atomic E-state index is -2.54. The van der Waals surface area contributed by atoms with E-state index in [0.29, 0.717) is 6.42 Å². The van der Waals surface area contributed by atoms with Crippen molar-refractivity contribution in [2.75, 3.05) is 6.61 Å². The number of benzene rings is 2. The van der Waals surface area contributed by atoms with Gasteiger partial charge in [0.15, 0.2) is 0 Å². The summed E-state index contributed by atoms with van der Waals surface area (Å²) in [7, 11) is 0. The zero-order chi connectivity index (χ0) is 22.4. The second-order valence-corrected chi connectivity index (χ2v) is 7.64. The molecule has 0 fully saturated rings.